The SMILES string of the molecule is CC(C)CNCc1cc(F)ccc1OC1CCC(C)CC1. The number of hydrogen-bond acceptors (Lipinski definition) is 2. The molecule has 0 heterocycles. The van der Waals surface area contributed by atoms with Gasteiger partial charge in [0.25, 0.3) is 0 Å². The number of ether oxygens (including phenoxy) is 1. The van der Waals surface area contributed by atoms with E-state index >= 15 is 0 Å². The normalized spacial score (nSPS) is 22.5. The molecule has 3 heteroatoms. The van der Waals surface area contributed by atoms with Crippen LogP contribution in [-0.2, 0) is 6.54 Å². The van der Waals surface area contributed by atoms with Crippen LogP contribution in [0.5, 0.6) is 5.75 Å². The summed E-state index contributed by atoms with van der Waals surface area (Å²) in [6, 6.07) is 4.86. The number of benzene rings is 1. The average molecular weight is 293 g/mol. The van der Waals surface area contributed by atoms with Gasteiger partial charge in [-0.2, -0.15) is 0 Å². The third-order valence-corrected chi connectivity index (χ3v) is 4.15. The lowest BCUT2D eigenvalue weighted by Gasteiger charge is -2.27. The lowest BCUT2D eigenvalue weighted by atomic mass is 9.89. The molecule has 2 nitrogen and oxygen atoms in total. The van der Waals surface area contributed by atoms with E-state index in [9.17, 15) is 4.39 Å². The lowest BCUT2D eigenvalue weighted by Crippen LogP contribution is -2.24. The summed E-state index contributed by atoms with van der Waals surface area (Å²) < 4.78 is 19.6. The van der Waals surface area contributed by atoms with E-state index in [1.807, 2.05) is 0 Å². The van der Waals surface area contributed by atoms with Gasteiger partial charge in [-0.1, -0.05) is 20.8 Å². The standard InChI is InChI=1S/C18H28FNO/c1-13(2)11-20-12-15-10-16(19)6-9-18(15)21-17-7-4-14(3)5-8-17/h6,9-10,13-14,17,20H,4-5,7-8,11-12H2,1-3H3. The Morgan fingerprint density at radius 3 is 2.62 bits per heavy atom. The van der Waals surface area contributed by atoms with Crippen LogP contribution in [0.2, 0.25) is 0 Å². The van der Waals surface area contributed by atoms with Crippen LogP contribution in [0.1, 0.15) is 52.0 Å². The van der Waals surface area contributed by atoms with Gasteiger partial charge in [0, 0.05) is 12.1 Å². The molecule has 1 saturated carbocycles. The summed E-state index contributed by atoms with van der Waals surface area (Å²) in [6.45, 7) is 8.22. The smallest absolute Gasteiger partial charge is 0.124 e. The molecule has 0 radical (unpaired) electrons. The molecule has 0 atom stereocenters. The van der Waals surface area contributed by atoms with Crippen LogP contribution in [0.4, 0.5) is 4.39 Å². The Kier molecular flexibility index (Phi) is 6.04. The van der Waals surface area contributed by atoms with Gasteiger partial charge in [0.05, 0.1) is 6.10 Å². The Morgan fingerprint density at radius 1 is 1.24 bits per heavy atom. The number of rotatable bonds is 6. The van der Waals surface area contributed by atoms with Crippen LogP contribution < -0.4 is 10.1 Å². The predicted molar refractivity (Wildman–Crippen MR) is 85.0 cm³/mol. The summed E-state index contributed by atoms with van der Waals surface area (Å²) in [5, 5.41) is 3.37. The van der Waals surface area contributed by atoms with E-state index in [0.29, 0.717) is 12.5 Å². The molecule has 1 aromatic carbocycles. The fourth-order valence-electron chi connectivity index (χ4n) is 2.82. The predicted octanol–water partition coefficient (Wildman–Crippen LogP) is 4.53. The summed E-state index contributed by atoms with van der Waals surface area (Å²) in [7, 11) is 0. The molecule has 0 unspecified atom stereocenters. The van der Waals surface area contributed by atoms with Crippen molar-refractivity contribution in [1.29, 1.82) is 0 Å². The first kappa shape index (κ1) is 16.3. The van der Waals surface area contributed by atoms with Gasteiger partial charge in [-0.25, -0.2) is 4.39 Å². The van der Waals surface area contributed by atoms with E-state index in [1.165, 1.54) is 18.9 Å². The van der Waals surface area contributed by atoms with Gasteiger partial charge in [0.1, 0.15) is 11.6 Å². The van der Waals surface area contributed by atoms with Crippen molar-refractivity contribution in [1.82, 2.24) is 5.32 Å². The molecule has 1 N–H and O–H groups in total. The molecule has 0 spiro atoms. The molecule has 1 aliphatic rings. The first-order chi connectivity index (χ1) is 10.0. The van der Waals surface area contributed by atoms with E-state index in [2.05, 4.69) is 26.1 Å². The van der Waals surface area contributed by atoms with E-state index in [-0.39, 0.29) is 11.9 Å². The third kappa shape index (κ3) is 5.31. The fraction of sp³-hybridized carbons (Fsp3) is 0.667. The average Bonchev–Trinajstić information content (AvgIpc) is 2.43. The van der Waals surface area contributed by atoms with Crippen LogP contribution in [0, 0.1) is 17.7 Å². The molecule has 2 rings (SSSR count). The Labute approximate surface area is 128 Å². The minimum absolute atomic E-state index is 0.194. The van der Waals surface area contributed by atoms with Crippen molar-refractivity contribution >= 4 is 0 Å². The number of nitrogens with one attached hydrogen (secondary N) is 1. The minimum Gasteiger partial charge on any atom is -0.490 e. The highest BCUT2D eigenvalue weighted by Crippen LogP contribution is 2.29. The molecular weight excluding hydrogens is 265 g/mol. The van der Waals surface area contributed by atoms with Gasteiger partial charge in [0.15, 0.2) is 0 Å². The fourth-order valence-corrected chi connectivity index (χ4v) is 2.82. The van der Waals surface area contributed by atoms with Gasteiger partial charge >= 0.3 is 0 Å². The monoisotopic (exact) mass is 293 g/mol. The van der Waals surface area contributed by atoms with Crippen LogP contribution in [0.15, 0.2) is 18.2 Å². The molecule has 1 fully saturated rings. The summed E-state index contributed by atoms with van der Waals surface area (Å²) >= 11 is 0. The van der Waals surface area contributed by atoms with E-state index in [1.54, 1.807) is 12.1 Å². The first-order valence-electron chi connectivity index (χ1n) is 8.20. The van der Waals surface area contributed by atoms with E-state index < -0.39 is 0 Å². The molecule has 0 bridgehead atoms. The number of halogens is 1. The molecule has 0 saturated heterocycles. The topological polar surface area (TPSA) is 21.3 Å². The van der Waals surface area contributed by atoms with Gasteiger partial charge in [-0.3, -0.25) is 0 Å². The molecular formula is C18H28FNO. The second kappa shape index (κ2) is 7.79. The zero-order valence-corrected chi connectivity index (χ0v) is 13.5. The van der Waals surface area contributed by atoms with Gasteiger partial charge in [-0.05, 0) is 62.3 Å². The van der Waals surface area contributed by atoms with Crippen molar-refractivity contribution in [3.8, 4) is 5.75 Å². The highest BCUT2D eigenvalue weighted by molar-refractivity contribution is 5.34. The number of hydrogen-bond donors (Lipinski definition) is 1. The molecule has 0 aromatic heterocycles. The van der Waals surface area contributed by atoms with Crippen molar-refractivity contribution in [2.45, 2.75) is 59.1 Å². The molecule has 1 aromatic rings. The molecule has 21 heavy (non-hydrogen) atoms. The molecule has 0 amide bonds. The zero-order valence-electron chi connectivity index (χ0n) is 13.5. The highest BCUT2D eigenvalue weighted by atomic mass is 19.1. The first-order valence-corrected chi connectivity index (χ1v) is 8.20. The van der Waals surface area contributed by atoms with E-state index in [0.717, 1.165) is 36.6 Å². The van der Waals surface area contributed by atoms with Crippen LogP contribution in [0.25, 0.3) is 0 Å². The summed E-state index contributed by atoms with van der Waals surface area (Å²) in [6.07, 6.45) is 4.96. The maximum atomic E-state index is 13.5. The lowest BCUT2D eigenvalue weighted by molar-refractivity contribution is 0.134. The van der Waals surface area contributed by atoms with Crippen LogP contribution in [-0.4, -0.2) is 12.6 Å². The maximum absolute atomic E-state index is 13.5. The zero-order chi connectivity index (χ0) is 15.2. The van der Waals surface area contributed by atoms with Crippen LogP contribution in [0.3, 0.4) is 0 Å². The largest absolute Gasteiger partial charge is 0.490 e. The summed E-state index contributed by atoms with van der Waals surface area (Å²) in [5.74, 6) is 2.04. The summed E-state index contributed by atoms with van der Waals surface area (Å²) in [5.41, 5.74) is 0.925. The van der Waals surface area contributed by atoms with Crippen molar-refractivity contribution < 1.29 is 9.13 Å². The van der Waals surface area contributed by atoms with Gasteiger partial charge in [-0.15, -0.1) is 0 Å². The Balaban J connectivity index is 1.97. The Bertz CT molecular complexity index is 439. The van der Waals surface area contributed by atoms with Gasteiger partial charge < -0.3 is 10.1 Å². The quantitative estimate of drug-likeness (QED) is 0.832. The van der Waals surface area contributed by atoms with E-state index in [4.69, 9.17) is 4.74 Å². The second-order valence-corrected chi connectivity index (χ2v) is 6.78. The van der Waals surface area contributed by atoms with Crippen LogP contribution >= 0.6 is 0 Å². The minimum atomic E-state index is -0.194. The maximum Gasteiger partial charge on any atom is 0.124 e. The molecule has 0 aliphatic heterocycles. The Morgan fingerprint density at radius 2 is 1.95 bits per heavy atom. The second-order valence-electron chi connectivity index (χ2n) is 6.78. The highest BCUT2D eigenvalue weighted by Gasteiger charge is 2.20. The molecule has 1 aliphatic carbocycles. The van der Waals surface area contributed by atoms with Crippen molar-refractivity contribution in [3.63, 3.8) is 0 Å². The molecule has 118 valence electrons. The van der Waals surface area contributed by atoms with Gasteiger partial charge in [0.2, 0.25) is 0 Å². The van der Waals surface area contributed by atoms with Crippen molar-refractivity contribution in [2.75, 3.05) is 6.54 Å². The van der Waals surface area contributed by atoms with Crippen molar-refractivity contribution in [2.24, 2.45) is 11.8 Å². The third-order valence-electron chi connectivity index (χ3n) is 4.15. The summed E-state index contributed by atoms with van der Waals surface area (Å²) in [4.78, 5) is 0. The Hall–Kier alpha value is -1.09. The van der Waals surface area contributed by atoms with Crippen molar-refractivity contribution in [3.05, 3.63) is 29.6 Å².